The number of non-ortho nitro benzene ring substituents is 1. The first-order chi connectivity index (χ1) is 12.0. The Labute approximate surface area is 148 Å². The molecule has 0 spiro atoms. The summed E-state index contributed by atoms with van der Waals surface area (Å²) in [4.78, 5) is 12.5. The molecule has 2 aromatic rings. The van der Waals surface area contributed by atoms with E-state index in [-0.39, 0.29) is 18.7 Å². The van der Waals surface area contributed by atoms with Gasteiger partial charge in [0.25, 0.3) is 5.69 Å². The second-order valence-corrected chi connectivity index (χ2v) is 6.87. The van der Waals surface area contributed by atoms with Crippen LogP contribution in [0.15, 0.2) is 58.3 Å². The Morgan fingerprint density at radius 3 is 2.56 bits per heavy atom. The fourth-order valence-corrected chi connectivity index (χ4v) is 3.44. The normalized spacial score (nSPS) is 23.2. The molecule has 7 nitrogen and oxygen atoms in total. The van der Waals surface area contributed by atoms with Gasteiger partial charge in [0.1, 0.15) is 12.3 Å². The molecule has 2 aromatic carbocycles. The van der Waals surface area contributed by atoms with Crippen molar-refractivity contribution in [2.45, 2.75) is 34.6 Å². The highest BCUT2D eigenvalue weighted by atomic mass is 32.2. The minimum atomic E-state index is -0.910. The molecule has 3 rings (SSSR count). The average Bonchev–Trinajstić information content (AvgIpc) is 2.59. The van der Waals surface area contributed by atoms with Crippen molar-refractivity contribution < 1.29 is 19.9 Å². The maximum Gasteiger partial charge on any atom is 0.272 e. The summed E-state index contributed by atoms with van der Waals surface area (Å²) in [6.45, 7) is 0.0133. The van der Waals surface area contributed by atoms with E-state index in [1.807, 2.05) is 30.3 Å². The molecule has 0 saturated carbocycles. The maximum atomic E-state index is 11.2. The monoisotopic (exact) mass is 362 g/mol. The van der Waals surface area contributed by atoms with Crippen LogP contribution in [0.4, 0.5) is 11.4 Å². The number of rotatable bonds is 5. The van der Waals surface area contributed by atoms with E-state index in [0.29, 0.717) is 5.69 Å². The van der Waals surface area contributed by atoms with Gasteiger partial charge < -0.3 is 20.3 Å². The van der Waals surface area contributed by atoms with E-state index in [1.165, 1.54) is 23.9 Å². The molecule has 1 fully saturated rings. The fourth-order valence-electron chi connectivity index (χ4n) is 2.51. The lowest BCUT2D eigenvalue weighted by atomic mass is 10.1. The van der Waals surface area contributed by atoms with Crippen molar-refractivity contribution >= 4 is 23.1 Å². The molecule has 1 heterocycles. The SMILES string of the molecule is O=[N+]([O-])c1cc(N[C@H]2C[C@H](O)[C@H](O)CO2)cc(Sc2ccccc2)c1. The zero-order chi connectivity index (χ0) is 17.8. The highest BCUT2D eigenvalue weighted by molar-refractivity contribution is 7.99. The van der Waals surface area contributed by atoms with Crippen LogP contribution in [0.3, 0.4) is 0 Å². The largest absolute Gasteiger partial charge is 0.390 e. The molecule has 1 aliphatic rings. The number of ether oxygens (including phenoxy) is 1. The predicted molar refractivity (Wildman–Crippen MR) is 93.7 cm³/mol. The smallest absolute Gasteiger partial charge is 0.272 e. The van der Waals surface area contributed by atoms with Gasteiger partial charge in [-0.3, -0.25) is 10.1 Å². The van der Waals surface area contributed by atoms with Gasteiger partial charge in [-0.25, -0.2) is 0 Å². The van der Waals surface area contributed by atoms with Crippen molar-refractivity contribution in [3.8, 4) is 0 Å². The van der Waals surface area contributed by atoms with Gasteiger partial charge in [0, 0.05) is 34.0 Å². The van der Waals surface area contributed by atoms with Crippen LogP contribution >= 0.6 is 11.8 Å². The third-order valence-corrected chi connectivity index (χ3v) is 4.76. The molecule has 3 N–H and O–H groups in total. The number of nitrogens with one attached hydrogen (secondary N) is 1. The van der Waals surface area contributed by atoms with E-state index in [9.17, 15) is 20.3 Å². The second kappa shape index (κ2) is 7.83. The van der Waals surface area contributed by atoms with Gasteiger partial charge in [-0.05, 0) is 18.2 Å². The van der Waals surface area contributed by atoms with Crippen LogP contribution in [-0.4, -0.2) is 40.2 Å². The first kappa shape index (κ1) is 17.7. The van der Waals surface area contributed by atoms with Crippen LogP contribution in [0.5, 0.6) is 0 Å². The van der Waals surface area contributed by atoms with Gasteiger partial charge in [0.15, 0.2) is 0 Å². The van der Waals surface area contributed by atoms with Crippen molar-refractivity contribution in [1.82, 2.24) is 0 Å². The minimum absolute atomic E-state index is 0.0133. The van der Waals surface area contributed by atoms with E-state index in [2.05, 4.69) is 5.32 Å². The molecule has 132 valence electrons. The summed E-state index contributed by atoms with van der Waals surface area (Å²) >= 11 is 1.42. The standard InChI is InChI=1S/C17H18N2O5S/c20-15-9-17(24-10-16(15)21)18-11-6-12(19(22)23)8-14(7-11)25-13-4-2-1-3-5-13/h1-8,15-18,20-21H,9-10H2/t15-,16+,17+/m0/s1. The lowest BCUT2D eigenvalue weighted by Crippen LogP contribution is -2.44. The van der Waals surface area contributed by atoms with Crippen LogP contribution < -0.4 is 5.32 Å². The average molecular weight is 362 g/mol. The molecular weight excluding hydrogens is 344 g/mol. The van der Waals surface area contributed by atoms with Gasteiger partial charge in [-0.1, -0.05) is 30.0 Å². The van der Waals surface area contributed by atoms with Gasteiger partial charge in [0.2, 0.25) is 0 Å². The molecule has 25 heavy (non-hydrogen) atoms. The zero-order valence-corrected chi connectivity index (χ0v) is 14.1. The molecule has 0 unspecified atom stereocenters. The van der Waals surface area contributed by atoms with Crippen LogP contribution in [0.25, 0.3) is 0 Å². The molecular formula is C17H18N2O5S. The van der Waals surface area contributed by atoms with Crippen LogP contribution in [0.2, 0.25) is 0 Å². The summed E-state index contributed by atoms with van der Waals surface area (Å²) < 4.78 is 5.43. The summed E-state index contributed by atoms with van der Waals surface area (Å²) in [5.74, 6) is 0. The number of benzene rings is 2. The van der Waals surface area contributed by atoms with E-state index in [0.717, 1.165) is 9.79 Å². The van der Waals surface area contributed by atoms with Crippen molar-refractivity contribution in [2.24, 2.45) is 0 Å². The van der Waals surface area contributed by atoms with Crippen molar-refractivity contribution in [3.05, 3.63) is 58.6 Å². The van der Waals surface area contributed by atoms with E-state index < -0.39 is 23.4 Å². The van der Waals surface area contributed by atoms with Gasteiger partial charge in [-0.2, -0.15) is 0 Å². The Hall–Kier alpha value is -2.13. The van der Waals surface area contributed by atoms with E-state index in [4.69, 9.17) is 4.74 Å². The topological polar surface area (TPSA) is 105 Å². The number of aliphatic hydroxyl groups is 2. The number of nitro groups is 1. The minimum Gasteiger partial charge on any atom is -0.390 e. The molecule has 0 aliphatic carbocycles. The number of anilines is 1. The van der Waals surface area contributed by atoms with Crippen molar-refractivity contribution in [1.29, 1.82) is 0 Å². The highest BCUT2D eigenvalue weighted by Gasteiger charge is 2.28. The molecule has 0 aromatic heterocycles. The molecule has 1 saturated heterocycles. The molecule has 0 amide bonds. The van der Waals surface area contributed by atoms with Crippen LogP contribution in [0, 0.1) is 10.1 Å². The zero-order valence-electron chi connectivity index (χ0n) is 13.2. The molecule has 1 aliphatic heterocycles. The quantitative estimate of drug-likeness (QED) is 0.555. The van der Waals surface area contributed by atoms with Gasteiger partial charge >= 0.3 is 0 Å². The summed E-state index contributed by atoms with van der Waals surface area (Å²) in [6.07, 6.45) is -2.11. The third-order valence-electron chi connectivity index (χ3n) is 3.78. The molecule has 0 bridgehead atoms. The first-order valence-electron chi connectivity index (χ1n) is 7.78. The number of hydrogen-bond acceptors (Lipinski definition) is 7. The van der Waals surface area contributed by atoms with Crippen molar-refractivity contribution in [3.63, 3.8) is 0 Å². The van der Waals surface area contributed by atoms with Crippen LogP contribution in [0.1, 0.15) is 6.42 Å². The lowest BCUT2D eigenvalue weighted by molar-refractivity contribution is -0.385. The first-order valence-corrected chi connectivity index (χ1v) is 8.59. The van der Waals surface area contributed by atoms with Gasteiger partial charge in [-0.15, -0.1) is 0 Å². The molecule has 0 radical (unpaired) electrons. The Balaban J connectivity index is 1.79. The Morgan fingerprint density at radius 2 is 1.88 bits per heavy atom. The van der Waals surface area contributed by atoms with Gasteiger partial charge in [0.05, 0.1) is 17.6 Å². The summed E-state index contributed by atoms with van der Waals surface area (Å²) in [7, 11) is 0. The van der Waals surface area contributed by atoms with Crippen LogP contribution in [-0.2, 0) is 4.74 Å². The summed E-state index contributed by atoms with van der Waals surface area (Å²) in [6, 6.07) is 14.3. The summed E-state index contributed by atoms with van der Waals surface area (Å²) in [5.41, 5.74) is 0.501. The molecule has 8 heteroatoms. The van der Waals surface area contributed by atoms with Crippen molar-refractivity contribution in [2.75, 3.05) is 11.9 Å². The number of nitro benzene ring substituents is 1. The predicted octanol–water partition coefficient (Wildman–Crippen LogP) is 2.63. The lowest BCUT2D eigenvalue weighted by Gasteiger charge is -2.31. The van der Waals surface area contributed by atoms with E-state index >= 15 is 0 Å². The Morgan fingerprint density at radius 1 is 1.12 bits per heavy atom. The Kier molecular flexibility index (Phi) is 5.54. The second-order valence-electron chi connectivity index (χ2n) is 5.72. The fraction of sp³-hybridized carbons (Fsp3) is 0.294. The maximum absolute atomic E-state index is 11.2. The highest BCUT2D eigenvalue weighted by Crippen LogP contribution is 2.33. The Bertz CT molecular complexity index is 743. The summed E-state index contributed by atoms with van der Waals surface area (Å²) in [5, 5.41) is 33.5. The molecule has 3 atom stereocenters. The third kappa shape index (κ3) is 4.70. The van der Waals surface area contributed by atoms with E-state index in [1.54, 1.807) is 6.07 Å². The number of aliphatic hydroxyl groups excluding tert-OH is 2. The number of hydrogen-bond donors (Lipinski definition) is 3. The number of nitrogens with zero attached hydrogens (tertiary/aromatic N) is 1.